The van der Waals surface area contributed by atoms with Crippen LogP contribution in [0.5, 0.6) is 0 Å². The van der Waals surface area contributed by atoms with Crippen molar-refractivity contribution in [3.8, 4) is 0 Å². The number of carbonyl (C=O) groups is 1. The molecule has 0 spiro atoms. The number of hydrazine groups is 1. The Labute approximate surface area is 83.2 Å². The molecular weight excluding hydrogens is 186 g/mol. The maximum Gasteiger partial charge on any atom is 0.248 e. The summed E-state index contributed by atoms with van der Waals surface area (Å²) in [4.78, 5) is 13.1. The van der Waals surface area contributed by atoms with E-state index in [0.29, 0.717) is 11.8 Å². The molecule has 0 aromatic heterocycles. The zero-order chi connectivity index (χ0) is 9.68. The standard InChI is InChI=1S/C8H17N3OS/c1-7-2-3-11(4-5-13-7)6-8(12)10-9/h7H,2-6,9H2,1H3,(H,10,12). The van der Waals surface area contributed by atoms with Gasteiger partial charge in [0.05, 0.1) is 6.54 Å². The van der Waals surface area contributed by atoms with Crippen molar-refractivity contribution in [1.82, 2.24) is 10.3 Å². The second-order valence-corrected chi connectivity index (χ2v) is 4.86. The van der Waals surface area contributed by atoms with Crippen molar-refractivity contribution in [3.63, 3.8) is 0 Å². The molecule has 1 aliphatic heterocycles. The third-order valence-electron chi connectivity index (χ3n) is 2.19. The summed E-state index contributed by atoms with van der Waals surface area (Å²) in [5.41, 5.74) is 2.16. The van der Waals surface area contributed by atoms with Gasteiger partial charge in [0, 0.05) is 17.5 Å². The minimum atomic E-state index is -0.0976. The number of nitrogens with one attached hydrogen (secondary N) is 1. The van der Waals surface area contributed by atoms with Crippen LogP contribution in [0.15, 0.2) is 0 Å². The van der Waals surface area contributed by atoms with Crippen molar-refractivity contribution >= 4 is 17.7 Å². The van der Waals surface area contributed by atoms with Gasteiger partial charge in [-0.1, -0.05) is 6.92 Å². The van der Waals surface area contributed by atoms with Gasteiger partial charge in [-0.15, -0.1) is 0 Å². The number of nitrogens with zero attached hydrogens (tertiary/aromatic N) is 1. The Balaban J connectivity index is 2.29. The average Bonchev–Trinajstić information content (AvgIpc) is 2.31. The van der Waals surface area contributed by atoms with Crippen LogP contribution >= 0.6 is 11.8 Å². The molecule has 4 nitrogen and oxygen atoms in total. The molecule has 0 aromatic carbocycles. The van der Waals surface area contributed by atoms with E-state index >= 15 is 0 Å². The molecule has 1 atom stereocenters. The Morgan fingerprint density at radius 1 is 1.69 bits per heavy atom. The summed E-state index contributed by atoms with van der Waals surface area (Å²) in [7, 11) is 0. The Morgan fingerprint density at radius 3 is 3.15 bits per heavy atom. The van der Waals surface area contributed by atoms with Crippen molar-refractivity contribution in [3.05, 3.63) is 0 Å². The van der Waals surface area contributed by atoms with E-state index < -0.39 is 0 Å². The van der Waals surface area contributed by atoms with Crippen LogP contribution in [0, 0.1) is 0 Å². The lowest BCUT2D eigenvalue weighted by atomic mass is 10.3. The van der Waals surface area contributed by atoms with Gasteiger partial charge >= 0.3 is 0 Å². The second-order valence-electron chi connectivity index (χ2n) is 3.31. The van der Waals surface area contributed by atoms with E-state index in [0.717, 1.165) is 25.3 Å². The van der Waals surface area contributed by atoms with Crippen molar-refractivity contribution in [2.45, 2.75) is 18.6 Å². The van der Waals surface area contributed by atoms with E-state index in [1.165, 1.54) is 0 Å². The molecule has 1 heterocycles. The molecule has 0 bridgehead atoms. The molecule has 1 amide bonds. The lowest BCUT2D eigenvalue weighted by molar-refractivity contribution is -0.122. The van der Waals surface area contributed by atoms with E-state index in [2.05, 4.69) is 17.2 Å². The predicted molar refractivity (Wildman–Crippen MR) is 55.3 cm³/mol. The highest BCUT2D eigenvalue weighted by Crippen LogP contribution is 2.18. The number of thioether (sulfide) groups is 1. The monoisotopic (exact) mass is 203 g/mol. The van der Waals surface area contributed by atoms with Crippen molar-refractivity contribution in [1.29, 1.82) is 0 Å². The molecule has 0 radical (unpaired) electrons. The van der Waals surface area contributed by atoms with Gasteiger partial charge in [0.15, 0.2) is 0 Å². The zero-order valence-electron chi connectivity index (χ0n) is 7.95. The number of hydrogen-bond acceptors (Lipinski definition) is 4. The SMILES string of the molecule is CC1CCN(CC(=O)NN)CCS1. The quantitative estimate of drug-likeness (QED) is 0.371. The molecule has 0 aromatic rings. The Bertz CT molecular complexity index is 177. The van der Waals surface area contributed by atoms with E-state index in [-0.39, 0.29) is 5.91 Å². The first-order valence-corrected chi connectivity index (χ1v) is 5.60. The van der Waals surface area contributed by atoms with Gasteiger partial charge in [-0.2, -0.15) is 11.8 Å². The van der Waals surface area contributed by atoms with Crippen molar-refractivity contribution in [2.75, 3.05) is 25.4 Å². The third-order valence-corrected chi connectivity index (χ3v) is 3.41. The van der Waals surface area contributed by atoms with E-state index in [9.17, 15) is 4.79 Å². The fourth-order valence-electron chi connectivity index (χ4n) is 1.35. The summed E-state index contributed by atoms with van der Waals surface area (Å²) in [6, 6.07) is 0. The normalized spacial score (nSPS) is 25.2. The average molecular weight is 203 g/mol. The summed E-state index contributed by atoms with van der Waals surface area (Å²) >= 11 is 1.97. The van der Waals surface area contributed by atoms with Crippen molar-refractivity contribution in [2.24, 2.45) is 5.84 Å². The van der Waals surface area contributed by atoms with E-state index in [1.807, 2.05) is 11.8 Å². The van der Waals surface area contributed by atoms with Crippen LogP contribution in [0.2, 0.25) is 0 Å². The molecule has 5 heteroatoms. The third kappa shape index (κ3) is 3.97. The van der Waals surface area contributed by atoms with Crippen molar-refractivity contribution < 1.29 is 4.79 Å². The summed E-state index contributed by atoms with van der Waals surface area (Å²) in [5, 5.41) is 0.714. The van der Waals surface area contributed by atoms with Gasteiger partial charge in [-0.3, -0.25) is 15.1 Å². The fourth-order valence-corrected chi connectivity index (χ4v) is 2.39. The topological polar surface area (TPSA) is 58.4 Å². The molecule has 0 saturated carbocycles. The van der Waals surface area contributed by atoms with Crippen LogP contribution in [0.3, 0.4) is 0 Å². The van der Waals surface area contributed by atoms with Crippen LogP contribution in [0.1, 0.15) is 13.3 Å². The highest BCUT2D eigenvalue weighted by molar-refractivity contribution is 7.99. The van der Waals surface area contributed by atoms with E-state index in [4.69, 9.17) is 5.84 Å². The molecule has 1 unspecified atom stereocenters. The van der Waals surface area contributed by atoms with Crippen LogP contribution in [0.25, 0.3) is 0 Å². The molecule has 1 rings (SSSR count). The zero-order valence-corrected chi connectivity index (χ0v) is 8.77. The Hall–Kier alpha value is -0.260. The van der Waals surface area contributed by atoms with Crippen LogP contribution in [-0.2, 0) is 4.79 Å². The molecule has 1 saturated heterocycles. The summed E-state index contributed by atoms with van der Waals surface area (Å²) < 4.78 is 0. The lowest BCUT2D eigenvalue weighted by Crippen LogP contribution is -2.41. The first kappa shape index (κ1) is 10.8. The summed E-state index contributed by atoms with van der Waals surface area (Å²) in [5.74, 6) is 6.04. The maximum atomic E-state index is 11.0. The highest BCUT2D eigenvalue weighted by Gasteiger charge is 2.15. The van der Waals surface area contributed by atoms with Gasteiger partial charge in [0.25, 0.3) is 0 Å². The maximum absolute atomic E-state index is 11.0. The van der Waals surface area contributed by atoms with Gasteiger partial charge in [-0.25, -0.2) is 5.84 Å². The summed E-state index contributed by atoms with van der Waals surface area (Å²) in [6.45, 7) is 4.66. The second kappa shape index (κ2) is 5.47. The molecule has 0 aliphatic carbocycles. The molecule has 1 aliphatic rings. The first-order valence-electron chi connectivity index (χ1n) is 4.56. The predicted octanol–water partition coefficient (Wildman–Crippen LogP) is -0.196. The van der Waals surface area contributed by atoms with Gasteiger partial charge in [0.1, 0.15) is 0 Å². The van der Waals surface area contributed by atoms with Crippen LogP contribution < -0.4 is 11.3 Å². The lowest BCUT2D eigenvalue weighted by Gasteiger charge is -2.17. The molecular formula is C8H17N3OS. The molecule has 3 N–H and O–H groups in total. The van der Waals surface area contributed by atoms with Gasteiger partial charge in [0.2, 0.25) is 5.91 Å². The summed E-state index contributed by atoms with van der Waals surface area (Å²) in [6.07, 6.45) is 1.16. The minimum Gasteiger partial charge on any atom is -0.294 e. The van der Waals surface area contributed by atoms with Gasteiger partial charge in [-0.05, 0) is 13.0 Å². The van der Waals surface area contributed by atoms with Gasteiger partial charge < -0.3 is 0 Å². The number of hydrogen-bond donors (Lipinski definition) is 2. The number of carbonyl (C=O) groups excluding carboxylic acids is 1. The Kier molecular flexibility index (Phi) is 4.55. The number of amides is 1. The fraction of sp³-hybridized carbons (Fsp3) is 0.875. The molecule has 76 valence electrons. The number of rotatable bonds is 2. The smallest absolute Gasteiger partial charge is 0.248 e. The van der Waals surface area contributed by atoms with E-state index in [1.54, 1.807) is 0 Å². The number of nitrogens with two attached hydrogens (primary N) is 1. The largest absolute Gasteiger partial charge is 0.294 e. The first-order chi connectivity index (χ1) is 6.22. The Morgan fingerprint density at radius 2 is 2.46 bits per heavy atom. The van der Waals surface area contributed by atoms with Crippen LogP contribution in [0.4, 0.5) is 0 Å². The minimum absolute atomic E-state index is 0.0976. The molecule has 13 heavy (non-hydrogen) atoms. The van der Waals surface area contributed by atoms with Crippen LogP contribution in [-0.4, -0.2) is 41.4 Å². The highest BCUT2D eigenvalue weighted by atomic mass is 32.2. The molecule has 1 fully saturated rings.